The van der Waals surface area contributed by atoms with Gasteiger partial charge in [0, 0.05) is 5.92 Å². The zero-order valence-electron chi connectivity index (χ0n) is 11.7. The molecule has 5 nitrogen and oxygen atoms in total. The highest BCUT2D eigenvalue weighted by Crippen LogP contribution is 2.48. The Balaban J connectivity index is 0. The van der Waals surface area contributed by atoms with E-state index in [9.17, 15) is 9.36 Å². The third kappa shape index (κ3) is 12.0. The van der Waals surface area contributed by atoms with Gasteiger partial charge in [0.2, 0.25) is 0 Å². The molecular formula is C11H25O5P. The predicted molar refractivity (Wildman–Crippen MR) is 68.0 cm³/mol. The molecule has 0 fully saturated rings. The summed E-state index contributed by atoms with van der Waals surface area (Å²) in [4.78, 5) is 10.1. The average Bonchev–Trinajstić information content (AvgIpc) is 2.19. The average molecular weight is 268 g/mol. The molecule has 0 unspecified atom stereocenters. The molecule has 0 amide bonds. The molecule has 104 valence electrons. The maximum Gasteiger partial charge on any atom is 0.474 e. The van der Waals surface area contributed by atoms with E-state index in [1.54, 1.807) is 27.7 Å². The van der Waals surface area contributed by atoms with Crippen molar-refractivity contribution in [1.29, 1.82) is 0 Å². The molecular weight excluding hydrogens is 243 g/mol. The molecule has 0 radical (unpaired) electrons. The summed E-state index contributed by atoms with van der Waals surface area (Å²) in [6.07, 6.45) is 0. The summed E-state index contributed by atoms with van der Waals surface area (Å²) < 4.78 is 25.8. The number of phosphoric ester groups is 1. The Morgan fingerprint density at radius 3 is 1.35 bits per heavy atom. The van der Waals surface area contributed by atoms with Crippen molar-refractivity contribution in [1.82, 2.24) is 0 Å². The van der Waals surface area contributed by atoms with Crippen LogP contribution >= 0.6 is 7.82 Å². The smallest absolute Gasteiger partial charge is 0.300 e. The molecule has 0 rings (SSSR count). The number of Topliss-reactive ketones (excluding diaryl/α,β-unsaturated/α-hetero) is 1. The summed E-state index contributed by atoms with van der Waals surface area (Å²) in [6.45, 7) is 11.6. The first kappa shape index (κ1) is 19.1. The Morgan fingerprint density at radius 2 is 1.24 bits per heavy atom. The number of hydrogen-bond donors (Lipinski definition) is 0. The topological polar surface area (TPSA) is 61.8 Å². The first-order valence-corrected chi connectivity index (χ1v) is 7.33. The highest BCUT2D eigenvalue weighted by Gasteiger charge is 2.23. The summed E-state index contributed by atoms with van der Waals surface area (Å²) in [5.74, 6) is 0.472. The summed E-state index contributed by atoms with van der Waals surface area (Å²) in [7, 11) is -3.22. The van der Waals surface area contributed by atoms with Crippen LogP contribution in [0.15, 0.2) is 0 Å². The zero-order chi connectivity index (χ0) is 13.9. The van der Waals surface area contributed by atoms with Crippen LogP contribution in [0.2, 0.25) is 0 Å². The van der Waals surface area contributed by atoms with Crippen molar-refractivity contribution < 1.29 is 22.9 Å². The molecule has 0 saturated heterocycles. The standard InChI is InChI=1S/C6H15O4P.C5H10O/c1-4-8-11(7,9-5-2)10-6-3;1-4(2)5(3)6/h4-6H2,1-3H3;4H,1-3H3. The minimum atomic E-state index is -3.22. The van der Waals surface area contributed by atoms with Crippen LogP contribution in [0.5, 0.6) is 0 Å². The molecule has 0 aromatic rings. The molecule has 0 aromatic carbocycles. The maximum absolute atomic E-state index is 11.3. The first-order valence-electron chi connectivity index (χ1n) is 5.87. The van der Waals surface area contributed by atoms with Crippen LogP contribution in [0.4, 0.5) is 0 Å². The van der Waals surface area contributed by atoms with Gasteiger partial charge in [-0.2, -0.15) is 0 Å². The van der Waals surface area contributed by atoms with Crippen molar-refractivity contribution in [3.8, 4) is 0 Å². The number of hydrogen-bond acceptors (Lipinski definition) is 5. The normalized spacial score (nSPS) is 11.0. The van der Waals surface area contributed by atoms with Crippen molar-refractivity contribution >= 4 is 13.6 Å². The molecule has 17 heavy (non-hydrogen) atoms. The van der Waals surface area contributed by atoms with Gasteiger partial charge in [0.05, 0.1) is 19.8 Å². The predicted octanol–water partition coefficient (Wildman–Crippen LogP) is 3.44. The Morgan fingerprint density at radius 1 is 1.00 bits per heavy atom. The van der Waals surface area contributed by atoms with E-state index in [4.69, 9.17) is 13.6 Å². The van der Waals surface area contributed by atoms with Gasteiger partial charge in [-0.15, -0.1) is 0 Å². The lowest BCUT2D eigenvalue weighted by atomic mass is 10.1. The molecule has 0 aromatic heterocycles. The third-order valence-corrected chi connectivity index (χ3v) is 3.40. The lowest BCUT2D eigenvalue weighted by Crippen LogP contribution is -1.99. The van der Waals surface area contributed by atoms with Gasteiger partial charge in [0.1, 0.15) is 5.78 Å². The Labute approximate surface area is 104 Å². The molecule has 0 bridgehead atoms. The zero-order valence-corrected chi connectivity index (χ0v) is 12.6. The van der Waals surface area contributed by atoms with Gasteiger partial charge in [-0.25, -0.2) is 4.57 Å². The van der Waals surface area contributed by atoms with E-state index < -0.39 is 7.82 Å². The highest BCUT2D eigenvalue weighted by atomic mass is 31.2. The summed E-state index contributed by atoms with van der Waals surface area (Å²) in [5.41, 5.74) is 0. The molecule has 0 aliphatic carbocycles. The van der Waals surface area contributed by atoms with Crippen LogP contribution in [-0.4, -0.2) is 25.6 Å². The lowest BCUT2D eigenvalue weighted by molar-refractivity contribution is -0.119. The summed E-state index contributed by atoms with van der Waals surface area (Å²) in [5, 5.41) is 0. The van der Waals surface area contributed by atoms with Crippen LogP contribution < -0.4 is 0 Å². The van der Waals surface area contributed by atoms with Gasteiger partial charge in [-0.3, -0.25) is 18.4 Å². The van der Waals surface area contributed by atoms with Gasteiger partial charge in [0.15, 0.2) is 0 Å². The second-order valence-electron chi connectivity index (χ2n) is 3.47. The minimum absolute atomic E-state index is 0.213. The number of carbonyl (C=O) groups excluding carboxylic acids is 1. The van der Waals surface area contributed by atoms with Crippen molar-refractivity contribution in [2.45, 2.75) is 41.5 Å². The fourth-order valence-electron chi connectivity index (χ4n) is 0.586. The van der Waals surface area contributed by atoms with Gasteiger partial charge in [-0.05, 0) is 27.7 Å². The van der Waals surface area contributed by atoms with Crippen molar-refractivity contribution in [3.63, 3.8) is 0 Å². The van der Waals surface area contributed by atoms with Crippen LogP contribution in [0, 0.1) is 5.92 Å². The highest BCUT2D eigenvalue weighted by molar-refractivity contribution is 7.48. The molecule has 0 N–H and O–H groups in total. The van der Waals surface area contributed by atoms with Gasteiger partial charge in [-0.1, -0.05) is 13.8 Å². The van der Waals surface area contributed by atoms with E-state index in [0.717, 1.165) is 0 Å². The van der Waals surface area contributed by atoms with Gasteiger partial charge >= 0.3 is 7.82 Å². The molecule has 0 saturated carbocycles. The van der Waals surface area contributed by atoms with Crippen LogP contribution in [0.1, 0.15) is 41.5 Å². The van der Waals surface area contributed by atoms with Gasteiger partial charge < -0.3 is 0 Å². The SMILES string of the molecule is CC(=O)C(C)C.CCOP(=O)(OCC)OCC. The van der Waals surface area contributed by atoms with Crippen LogP contribution in [0.25, 0.3) is 0 Å². The molecule has 0 spiro atoms. The van der Waals surface area contributed by atoms with E-state index in [2.05, 4.69) is 0 Å². The van der Waals surface area contributed by atoms with Crippen LogP contribution in [-0.2, 0) is 22.9 Å². The second kappa shape index (κ2) is 10.9. The van der Waals surface area contributed by atoms with E-state index in [1.165, 1.54) is 0 Å². The Bertz CT molecular complexity index is 216. The summed E-state index contributed by atoms with van der Waals surface area (Å²) >= 11 is 0. The van der Waals surface area contributed by atoms with E-state index in [0.29, 0.717) is 19.8 Å². The number of phosphoric acid groups is 1. The Hall–Kier alpha value is -0.220. The van der Waals surface area contributed by atoms with E-state index in [-0.39, 0.29) is 11.7 Å². The third-order valence-electron chi connectivity index (χ3n) is 1.67. The largest absolute Gasteiger partial charge is 0.474 e. The fraction of sp³-hybridized carbons (Fsp3) is 0.909. The lowest BCUT2D eigenvalue weighted by Gasteiger charge is -2.14. The van der Waals surface area contributed by atoms with Crippen LogP contribution in [0.3, 0.4) is 0 Å². The first-order chi connectivity index (χ1) is 7.82. The summed E-state index contributed by atoms with van der Waals surface area (Å²) in [6, 6.07) is 0. The number of carbonyl (C=O) groups is 1. The molecule has 0 heterocycles. The quantitative estimate of drug-likeness (QED) is 0.662. The molecule has 0 atom stereocenters. The molecule has 0 aliphatic heterocycles. The number of rotatable bonds is 7. The second-order valence-corrected chi connectivity index (χ2v) is 5.13. The molecule has 6 heteroatoms. The minimum Gasteiger partial charge on any atom is -0.300 e. The number of ketones is 1. The van der Waals surface area contributed by atoms with Crippen molar-refractivity contribution in [3.05, 3.63) is 0 Å². The molecule has 0 aliphatic rings. The van der Waals surface area contributed by atoms with Crippen molar-refractivity contribution in [2.24, 2.45) is 5.92 Å². The maximum atomic E-state index is 11.3. The van der Waals surface area contributed by atoms with E-state index in [1.807, 2.05) is 13.8 Å². The van der Waals surface area contributed by atoms with Crippen molar-refractivity contribution in [2.75, 3.05) is 19.8 Å². The monoisotopic (exact) mass is 268 g/mol. The van der Waals surface area contributed by atoms with E-state index >= 15 is 0 Å². The van der Waals surface area contributed by atoms with Gasteiger partial charge in [0.25, 0.3) is 0 Å². The Kier molecular flexibility index (Phi) is 12.3. The fourth-order valence-corrected chi connectivity index (χ4v) is 1.76.